The molecule has 0 atom stereocenters. The number of terminal acetylenes is 1. The molecular weight excluding hydrogens is 416 g/mol. The van der Waals surface area contributed by atoms with E-state index in [0.29, 0.717) is 5.75 Å². The molecule has 0 saturated heterocycles. The van der Waals surface area contributed by atoms with E-state index < -0.39 is 0 Å². The number of hydrogen-bond acceptors (Lipinski definition) is 3. The molecular formula is C31H40N2O. The molecule has 3 nitrogen and oxygen atoms in total. The molecule has 0 amide bonds. The van der Waals surface area contributed by atoms with Crippen LogP contribution in [0, 0.1) is 12.8 Å². The Morgan fingerprint density at radius 2 is 1.41 bits per heavy atom. The van der Waals surface area contributed by atoms with Crippen molar-refractivity contribution >= 4 is 5.69 Å². The van der Waals surface area contributed by atoms with Crippen molar-refractivity contribution in [2.24, 2.45) is 0 Å². The highest BCUT2D eigenvalue weighted by atomic mass is 16.3. The highest BCUT2D eigenvalue weighted by Crippen LogP contribution is 2.24. The minimum absolute atomic E-state index is 0.408. The molecule has 1 aliphatic carbocycles. The lowest BCUT2D eigenvalue weighted by molar-refractivity contribution is 0.413. The van der Waals surface area contributed by atoms with Crippen LogP contribution in [0.2, 0.25) is 0 Å². The molecule has 1 aliphatic rings. The zero-order valence-electron chi connectivity index (χ0n) is 21.1. The average Bonchev–Trinajstić information content (AvgIpc) is 2.88. The summed E-state index contributed by atoms with van der Waals surface area (Å²) in [5.74, 6) is 0.408. The van der Waals surface area contributed by atoms with Gasteiger partial charge < -0.3 is 14.9 Å². The topological polar surface area (TPSA) is 26.7 Å². The lowest BCUT2D eigenvalue weighted by atomic mass is 9.92. The summed E-state index contributed by atoms with van der Waals surface area (Å²) in [5, 5.41) is 9.19. The number of benzene rings is 3. The first-order valence-corrected chi connectivity index (χ1v) is 12.2. The molecule has 1 N–H and O–H groups in total. The first kappa shape index (κ1) is 27.0. The average molecular weight is 457 g/mol. The maximum absolute atomic E-state index is 9.19. The van der Waals surface area contributed by atoms with E-state index in [9.17, 15) is 5.11 Å². The Morgan fingerprint density at radius 1 is 0.794 bits per heavy atom. The number of likely N-dealkylation sites (N-methyl/N-ethyl adjacent to an activating group) is 1. The number of nitrogens with zero attached hydrogens (tertiary/aromatic N) is 2. The van der Waals surface area contributed by atoms with E-state index in [0.717, 1.165) is 32.5 Å². The van der Waals surface area contributed by atoms with Gasteiger partial charge in [0.05, 0.1) is 0 Å². The van der Waals surface area contributed by atoms with Crippen molar-refractivity contribution in [1.29, 1.82) is 0 Å². The van der Waals surface area contributed by atoms with Crippen LogP contribution < -0.4 is 4.90 Å². The maximum atomic E-state index is 9.19. The van der Waals surface area contributed by atoms with Gasteiger partial charge in [0.1, 0.15) is 5.75 Å². The van der Waals surface area contributed by atoms with Crippen molar-refractivity contribution in [1.82, 2.24) is 4.90 Å². The normalized spacial score (nSPS) is 11.9. The molecule has 3 aromatic rings. The summed E-state index contributed by atoms with van der Waals surface area (Å²) in [6, 6.07) is 25.4. The van der Waals surface area contributed by atoms with Gasteiger partial charge in [0, 0.05) is 25.3 Å². The smallest absolute Gasteiger partial charge is 0.115 e. The second kappa shape index (κ2) is 14.8. The summed E-state index contributed by atoms with van der Waals surface area (Å²) in [7, 11) is 4.24. The van der Waals surface area contributed by atoms with Crippen LogP contribution in [-0.2, 0) is 25.8 Å². The highest BCUT2D eigenvalue weighted by Gasteiger charge is 2.08. The van der Waals surface area contributed by atoms with Crippen LogP contribution in [0.25, 0.3) is 0 Å². The summed E-state index contributed by atoms with van der Waals surface area (Å²) in [5.41, 5.74) is 6.84. The SMILES string of the molecule is C#C.CCN(Cc1ccc(CCN(C)C)cc1)c1ccccc1.Oc1ccc2c(c1)CCCC2. The lowest BCUT2D eigenvalue weighted by Gasteiger charge is -2.23. The fraction of sp³-hybridized carbons (Fsp3) is 0.355. The largest absolute Gasteiger partial charge is 0.508 e. The predicted octanol–water partition coefficient (Wildman–Crippen LogP) is 6.34. The molecule has 34 heavy (non-hydrogen) atoms. The Morgan fingerprint density at radius 3 is 2.03 bits per heavy atom. The molecule has 3 aromatic carbocycles. The van der Waals surface area contributed by atoms with Crippen LogP contribution in [0.15, 0.2) is 72.8 Å². The number of fused-ring (bicyclic) bond motifs is 1. The van der Waals surface area contributed by atoms with Gasteiger partial charge in [0.15, 0.2) is 0 Å². The van der Waals surface area contributed by atoms with E-state index in [2.05, 4.69) is 98.3 Å². The van der Waals surface area contributed by atoms with Gasteiger partial charge in [-0.3, -0.25) is 0 Å². The number of anilines is 1. The standard InChI is InChI=1S/C19H26N2.C10H12O.C2H2/c1-4-21(19-8-6-5-7-9-19)16-18-12-10-17(11-13-18)14-15-20(2)3;11-10-6-5-8-3-1-2-4-9(8)7-10;1-2/h5-13H,4,14-16H2,1-3H3;5-7,11H,1-4H2;1-2H. The second-order valence-electron chi connectivity index (χ2n) is 8.88. The number of phenols is 1. The third-order valence-corrected chi connectivity index (χ3v) is 6.08. The third kappa shape index (κ3) is 8.96. The summed E-state index contributed by atoms with van der Waals surface area (Å²) in [4.78, 5) is 4.62. The molecule has 4 rings (SSSR count). The zero-order valence-corrected chi connectivity index (χ0v) is 21.1. The van der Waals surface area contributed by atoms with Gasteiger partial charge in [0.2, 0.25) is 0 Å². The van der Waals surface area contributed by atoms with Gasteiger partial charge in [-0.05, 0) is 99.6 Å². The first-order valence-electron chi connectivity index (χ1n) is 12.2. The van der Waals surface area contributed by atoms with Crippen LogP contribution in [-0.4, -0.2) is 37.2 Å². The van der Waals surface area contributed by atoms with Crippen molar-refractivity contribution in [3.8, 4) is 18.6 Å². The molecule has 0 spiro atoms. The van der Waals surface area contributed by atoms with E-state index in [1.165, 1.54) is 47.2 Å². The molecule has 180 valence electrons. The van der Waals surface area contributed by atoms with Crippen molar-refractivity contribution in [3.05, 3.63) is 95.1 Å². The van der Waals surface area contributed by atoms with Crippen LogP contribution in [0.1, 0.15) is 42.0 Å². The van der Waals surface area contributed by atoms with E-state index in [1.54, 1.807) is 6.07 Å². The summed E-state index contributed by atoms with van der Waals surface area (Å²) in [6.07, 6.45) is 14.0. The maximum Gasteiger partial charge on any atom is 0.115 e. The lowest BCUT2D eigenvalue weighted by Crippen LogP contribution is -2.21. The zero-order chi connectivity index (χ0) is 24.8. The van der Waals surface area contributed by atoms with Crippen molar-refractivity contribution in [2.75, 3.05) is 32.1 Å². The summed E-state index contributed by atoms with van der Waals surface area (Å²) < 4.78 is 0. The Balaban J connectivity index is 0.000000262. The van der Waals surface area contributed by atoms with Crippen molar-refractivity contribution in [2.45, 2.75) is 45.6 Å². The third-order valence-electron chi connectivity index (χ3n) is 6.08. The molecule has 3 heteroatoms. The van der Waals surface area contributed by atoms with E-state index in [4.69, 9.17) is 0 Å². The van der Waals surface area contributed by atoms with E-state index in [1.807, 2.05) is 12.1 Å². The molecule has 0 heterocycles. The molecule has 0 saturated carbocycles. The number of aromatic hydroxyl groups is 1. The Bertz CT molecular complexity index is 977. The van der Waals surface area contributed by atoms with E-state index >= 15 is 0 Å². The molecule has 0 radical (unpaired) electrons. The number of phenolic OH excluding ortho intramolecular Hbond substituents is 1. The fourth-order valence-corrected chi connectivity index (χ4v) is 4.13. The summed E-state index contributed by atoms with van der Waals surface area (Å²) in [6.45, 7) is 5.30. The van der Waals surface area contributed by atoms with Gasteiger partial charge >= 0.3 is 0 Å². The number of aryl methyl sites for hydroxylation is 2. The van der Waals surface area contributed by atoms with Crippen molar-refractivity contribution < 1.29 is 5.11 Å². The number of hydrogen-bond donors (Lipinski definition) is 1. The first-order chi connectivity index (χ1) is 16.5. The van der Waals surface area contributed by atoms with Crippen molar-refractivity contribution in [3.63, 3.8) is 0 Å². The molecule has 0 aromatic heterocycles. The van der Waals surface area contributed by atoms with Gasteiger partial charge in [-0.15, -0.1) is 12.8 Å². The molecule has 0 bridgehead atoms. The van der Waals surface area contributed by atoms with Crippen LogP contribution in [0.3, 0.4) is 0 Å². The Kier molecular flexibility index (Phi) is 11.8. The second-order valence-corrected chi connectivity index (χ2v) is 8.88. The fourth-order valence-electron chi connectivity index (χ4n) is 4.13. The Hall–Kier alpha value is -3.22. The van der Waals surface area contributed by atoms with Crippen LogP contribution in [0.4, 0.5) is 5.69 Å². The molecule has 0 aliphatic heterocycles. The molecule has 0 unspecified atom stereocenters. The van der Waals surface area contributed by atoms with Gasteiger partial charge in [-0.1, -0.05) is 48.5 Å². The summed E-state index contributed by atoms with van der Waals surface area (Å²) >= 11 is 0. The van der Waals surface area contributed by atoms with Gasteiger partial charge in [-0.25, -0.2) is 0 Å². The van der Waals surface area contributed by atoms with E-state index in [-0.39, 0.29) is 0 Å². The molecule has 0 fully saturated rings. The number of para-hydroxylation sites is 1. The number of rotatable bonds is 7. The minimum Gasteiger partial charge on any atom is -0.508 e. The van der Waals surface area contributed by atoms with Crippen LogP contribution >= 0.6 is 0 Å². The van der Waals surface area contributed by atoms with Gasteiger partial charge in [0.25, 0.3) is 0 Å². The Labute approximate surface area is 207 Å². The van der Waals surface area contributed by atoms with Crippen LogP contribution in [0.5, 0.6) is 5.75 Å². The highest BCUT2D eigenvalue weighted by molar-refractivity contribution is 5.46. The predicted molar refractivity (Wildman–Crippen MR) is 147 cm³/mol. The minimum atomic E-state index is 0.408. The quantitative estimate of drug-likeness (QED) is 0.420. The van der Waals surface area contributed by atoms with Gasteiger partial charge in [-0.2, -0.15) is 0 Å². The monoisotopic (exact) mass is 456 g/mol.